The number of aromatic nitrogens is 3. The summed E-state index contributed by atoms with van der Waals surface area (Å²) in [5, 5.41) is 7.72. The summed E-state index contributed by atoms with van der Waals surface area (Å²) >= 11 is 0. The molecule has 2 aromatic rings. The van der Waals surface area contributed by atoms with Gasteiger partial charge in [0.1, 0.15) is 15.6 Å². The van der Waals surface area contributed by atoms with Gasteiger partial charge in [-0.3, -0.25) is 0 Å². The lowest BCUT2D eigenvalue weighted by Gasteiger charge is -2.18. The molecule has 9 heteroatoms. The van der Waals surface area contributed by atoms with Crippen molar-refractivity contribution < 1.29 is 22.2 Å². The van der Waals surface area contributed by atoms with Gasteiger partial charge in [-0.05, 0) is 12.8 Å². The number of ether oxygens (including phenoxy) is 1. The van der Waals surface area contributed by atoms with Crippen molar-refractivity contribution in [3.05, 3.63) is 17.7 Å². The normalized spacial score (nSPS) is 17.0. The Bertz CT molecular complexity index is 730. The summed E-state index contributed by atoms with van der Waals surface area (Å²) in [6.07, 6.45) is 3.19. The highest BCUT2D eigenvalue weighted by molar-refractivity contribution is 7.90. The molecule has 0 bridgehead atoms. The van der Waals surface area contributed by atoms with Gasteiger partial charge in [-0.15, -0.1) is 0 Å². The Hall–Kier alpha value is -1.74. The molecule has 0 aliphatic carbocycles. The smallest absolute Gasteiger partial charge is 0.280 e. The maximum absolute atomic E-state index is 11.1. The van der Waals surface area contributed by atoms with Crippen LogP contribution in [0.25, 0.3) is 11.6 Å². The van der Waals surface area contributed by atoms with E-state index < -0.39 is 9.84 Å². The van der Waals surface area contributed by atoms with E-state index in [0.29, 0.717) is 17.4 Å². The first kappa shape index (κ1) is 15.2. The van der Waals surface area contributed by atoms with Gasteiger partial charge in [0.2, 0.25) is 0 Å². The molecule has 0 N–H and O–H groups in total. The van der Waals surface area contributed by atoms with Crippen LogP contribution in [0.4, 0.5) is 0 Å². The molecule has 0 atom stereocenters. The number of rotatable bonds is 5. The molecule has 1 fully saturated rings. The molecule has 0 amide bonds. The zero-order chi connectivity index (χ0) is 15.6. The summed E-state index contributed by atoms with van der Waals surface area (Å²) in [6.45, 7) is 1.44. The van der Waals surface area contributed by atoms with Crippen molar-refractivity contribution in [1.82, 2.24) is 15.3 Å². The second-order valence-corrected chi connectivity index (χ2v) is 7.66. The van der Waals surface area contributed by atoms with Crippen LogP contribution in [0.2, 0.25) is 0 Å². The van der Waals surface area contributed by atoms with Gasteiger partial charge in [0.15, 0.2) is 11.5 Å². The molecule has 120 valence electrons. The van der Waals surface area contributed by atoms with Gasteiger partial charge >= 0.3 is 0 Å². The van der Waals surface area contributed by atoms with Crippen LogP contribution < -0.4 is 0 Å². The van der Waals surface area contributed by atoms with Crippen molar-refractivity contribution in [2.24, 2.45) is 0 Å². The van der Waals surface area contributed by atoms with E-state index in [2.05, 4.69) is 15.3 Å². The molecule has 3 rings (SSSR count). The van der Waals surface area contributed by atoms with Crippen LogP contribution in [0.15, 0.2) is 15.1 Å². The van der Waals surface area contributed by atoms with Gasteiger partial charge in [0.05, 0.1) is 5.75 Å². The molecule has 22 heavy (non-hydrogen) atoms. The van der Waals surface area contributed by atoms with E-state index in [1.54, 1.807) is 6.07 Å². The van der Waals surface area contributed by atoms with Crippen LogP contribution in [-0.4, -0.2) is 48.9 Å². The predicted molar refractivity (Wildman–Crippen MR) is 76.0 cm³/mol. The van der Waals surface area contributed by atoms with Crippen molar-refractivity contribution in [3.8, 4) is 11.6 Å². The summed E-state index contributed by atoms with van der Waals surface area (Å²) < 4.78 is 38.1. The van der Waals surface area contributed by atoms with Crippen LogP contribution in [0.5, 0.6) is 0 Å². The molecule has 0 radical (unpaired) electrons. The highest BCUT2D eigenvalue weighted by Crippen LogP contribution is 2.29. The zero-order valence-corrected chi connectivity index (χ0v) is 13.0. The third kappa shape index (κ3) is 3.72. The molecule has 1 aliphatic heterocycles. The second-order valence-electron chi connectivity index (χ2n) is 5.40. The summed E-state index contributed by atoms with van der Waals surface area (Å²) in [7, 11) is -3.06. The molecule has 8 nitrogen and oxygen atoms in total. The highest BCUT2D eigenvalue weighted by Gasteiger charge is 2.22. The molecule has 1 saturated heterocycles. The van der Waals surface area contributed by atoms with Crippen molar-refractivity contribution >= 4 is 9.84 Å². The quantitative estimate of drug-likeness (QED) is 0.806. The van der Waals surface area contributed by atoms with Crippen LogP contribution in [0.3, 0.4) is 0 Å². The predicted octanol–water partition coefficient (Wildman–Crippen LogP) is 1.21. The molecule has 0 saturated carbocycles. The van der Waals surface area contributed by atoms with Crippen molar-refractivity contribution in [2.45, 2.75) is 25.2 Å². The third-order valence-electron chi connectivity index (χ3n) is 3.54. The summed E-state index contributed by atoms with van der Waals surface area (Å²) in [5.74, 6) is 1.65. The second kappa shape index (κ2) is 6.17. The first-order valence-electron chi connectivity index (χ1n) is 7.06. The number of hydrogen-bond donors (Lipinski definition) is 0. The number of nitrogens with zero attached hydrogens (tertiary/aromatic N) is 3. The molecule has 0 aromatic carbocycles. The molecule has 1 aliphatic rings. The van der Waals surface area contributed by atoms with E-state index in [9.17, 15) is 8.42 Å². The molecular formula is C13H17N3O5S. The number of aryl methyl sites for hydroxylation is 1. The van der Waals surface area contributed by atoms with Crippen molar-refractivity contribution in [1.29, 1.82) is 0 Å². The Balaban J connectivity index is 1.69. The number of sulfone groups is 1. The zero-order valence-electron chi connectivity index (χ0n) is 12.2. The number of hydrogen-bond acceptors (Lipinski definition) is 8. The van der Waals surface area contributed by atoms with Crippen LogP contribution >= 0.6 is 0 Å². The Morgan fingerprint density at radius 1 is 1.23 bits per heavy atom. The minimum atomic E-state index is -3.06. The molecule has 0 unspecified atom stereocenters. The Morgan fingerprint density at radius 3 is 2.73 bits per heavy atom. The fourth-order valence-corrected chi connectivity index (χ4v) is 2.85. The van der Waals surface area contributed by atoms with E-state index in [1.807, 2.05) is 0 Å². The first-order valence-corrected chi connectivity index (χ1v) is 9.12. The van der Waals surface area contributed by atoms with Crippen molar-refractivity contribution in [2.75, 3.05) is 25.2 Å². The maximum Gasteiger partial charge on any atom is 0.280 e. The van der Waals surface area contributed by atoms with Gasteiger partial charge in [0.25, 0.3) is 5.89 Å². The topological polar surface area (TPSA) is 108 Å². The minimum absolute atomic E-state index is 0.0158. The standard InChI is InChI=1S/C13H17N3O5S/c1-22(17,18)7-4-12-14-13(21-16-12)10-8-11(20-15-10)9-2-5-19-6-3-9/h8-9H,2-7H2,1H3. The van der Waals surface area contributed by atoms with E-state index in [4.69, 9.17) is 13.8 Å². The van der Waals surface area contributed by atoms with Crippen LogP contribution in [-0.2, 0) is 21.0 Å². The third-order valence-corrected chi connectivity index (χ3v) is 4.48. The largest absolute Gasteiger partial charge is 0.381 e. The highest BCUT2D eigenvalue weighted by atomic mass is 32.2. The van der Waals surface area contributed by atoms with E-state index in [1.165, 1.54) is 6.26 Å². The Morgan fingerprint density at radius 2 is 2.00 bits per heavy atom. The Labute approximate surface area is 127 Å². The first-order chi connectivity index (χ1) is 10.5. The molecule has 2 aromatic heterocycles. The molecule has 3 heterocycles. The Kier molecular flexibility index (Phi) is 4.25. The summed E-state index contributed by atoms with van der Waals surface area (Å²) in [6, 6.07) is 1.80. The van der Waals surface area contributed by atoms with Crippen LogP contribution in [0.1, 0.15) is 30.3 Å². The van der Waals surface area contributed by atoms with E-state index in [-0.39, 0.29) is 18.1 Å². The average Bonchev–Trinajstić information content (AvgIpc) is 3.14. The van der Waals surface area contributed by atoms with Gasteiger partial charge in [0, 0.05) is 37.9 Å². The lowest BCUT2D eigenvalue weighted by atomic mass is 9.97. The molecular weight excluding hydrogens is 310 g/mol. The molecule has 0 spiro atoms. The average molecular weight is 327 g/mol. The van der Waals surface area contributed by atoms with Gasteiger partial charge in [-0.25, -0.2) is 8.42 Å². The SMILES string of the molecule is CS(=O)(=O)CCc1noc(-c2cc(C3CCOCC3)on2)n1. The summed E-state index contributed by atoms with van der Waals surface area (Å²) in [5.41, 5.74) is 0.472. The maximum atomic E-state index is 11.1. The van der Waals surface area contributed by atoms with Gasteiger partial charge in [-0.2, -0.15) is 4.98 Å². The van der Waals surface area contributed by atoms with Gasteiger partial charge in [-0.1, -0.05) is 10.3 Å². The lowest BCUT2D eigenvalue weighted by molar-refractivity contribution is 0.0791. The fourth-order valence-electron chi connectivity index (χ4n) is 2.30. The van der Waals surface area contributed by atoms with E-state index in [0.717, 1.165) is 31.8 Å². The minimum Gasteiger partial charge on any atom is -0.381 e. The lowest BCUT2D eigenvalue weighted by Crippen LogP contribution is -2.13. The van der Waals surface area contributed by atoms with Crippen molar-refractivity contribution in [3.63, 3.8) is 0 Å². The van der Waals surface area contributed by atoms with Crippen LogP contribution in [0, 0.1) is 0 Å². The van der Waals surface area contributed by atoms with E-state index >= 15 is 0 Å². The fraction of sp³-hybridized carbons (Fsp3) is 0.615. The monoisotopic (exact) mass is 327 g/mol. The summed E-state index contributed by atoms with van der Waals surface area (Å²) in [4.78, 5) is 4.15. The van der Waals surface area contributed by atoms with Gasteiger partial charge < -0.3 is 13.8 Å².